The number of thiophene rings is 1. The van der Waals surface area contributed by atoms with Gasteiger partial charge in [0.15, 0.2) is 0 Å². The van der Waals surface area contributed by atoms with Gasteiger partial charge in [0.05, 0.1) is 19.1 Å². The topological polar surface area (TPSA) is 128 Å². The van der Waals surface area contributed by atoms with Crippen molar-refractivity contribution in [2.75, 3.05) is 19.6 Å². The number of carbonyl (C=O) groups excluding carboxylic acids is 2. The van der Waals surface area contributed by atoms with E-state index in [1.165, 1.54) is 22.7 Å². The van der Waals surface area contributed by atoms with E-state index in [-0.39, 0.29) is 37.5 Å². The molecule has 37 heavy (non-hydrogen) atoms. The number of benzene rings is 1. The molecule has 4 rings (SSSR count). The molecule has 2 aromatic rings. The van der Waals surface area contributed by atoms with E-state index in [9.17, 15) is 19.5 Å². The van der Waals surface area contributed by atoms with Gasteiger partial charge in [-0.3, -0.25) is 9.59 Å². The molecule has 1 aliphatic carbocycles. The zero-order valence-electron chi connectivity index (χ0n) is 21.1. The van der Waals surface area contributed by atoms with E-state index < -0.39 is 18.2 Å². The Balaban J connectivity index is 1.54. The molecule has 2 fully saturated rings. The monoisotopic (exact) mass is 527 g/mol. The first kappa shape index (κ1) is 27.1. The second kappa shape index (κ2) is 13.0. The fraction of sp³-hybridized carbons (Fsp3) is 0.519. The minimum atomic E-state index is -1.08. The Kier molecular flexibility index (Phi) is 9.54. The maximum atomic E-state index is 14.0. The fourth-order valence-corrected chi connectivity index (χ4v) is 5.89. The molecule has 1 saturated carbocycles. The van der Waals surface area contributed by atoms with E-state index in [2.05, 4.69) is 10.6 Å². The third kappa shape index (κ3) is 7.30. The minimum Gasteiger partial charge on any atom is -0.465 e. The molecular weight excluding hydrogens is 490 g/mol. The molecule has 1 aromatic heterocycles. The number of amides is 3. The van der Waals surface area contributed by atoms with Crippen LogP contribution in [-0.4, -0.2) is 70.6 Å². The number of carbonyl (C=O) groups is 3. The number of carboxylic acid groups (broad SMARTS) is 1. The second-order valence-corrected chi connectivity index (χ2v) is 10.9. The number of nitrogens with zero attached hydrogens (tertiary/aromatic N) is 2. The third-order valence-electron chi connectivity index (χ3n) is 7.26. The molecule has 1 aromatic carbocycles. The summed E-state index contributed by atoms with van der Waals surface area (Å²) in [6.45, 7) is 1.07. The number of rotatable bonds is 9. The van der Waals surface area contributed by atoms with Crippen LogP contribution in [0.25, 0.3) is 0 Å². The smallest absolute Gasteiger partial charge is 0.407 e. The predicted octanol–water partition coefficient (Wildman–Crippen LogP) is 2.55. The molecule has 0 radical (unpaired) electrons. The summed E-state index contributed by atoms with van der Waals surface area (Å²) < 4.78 is 0. The zero-order valence-corrected chi connectivity index (χ0v) is 21.9. The lowest BCUT2D eigenvalue weighted by Crippen LogP contribution is -2.64. The first-order chi connectivity index (χ1) is 17.9. The average Bonchev–Trinajstić information content (AvgIpc) is 3.45. The van der Waals surface area contributed by atoms with E-state index in [0.29, 0.717) is 19.5 Å². The molecule has 1 saturated heterocycles. The van der Waals surface area contributed by atoms with Crippen molar-refractivity contribution in [3.8, 4) is 0 Å². The molecule has 2 aliphatic rings. The fourth-order valence-electron chi connectivity index (χ4n) is 5.24. The molecule has 1 aliphatic heterocycles. The molecule has 3 amide bonds. The lowest BCUT2D eigenvalue weighted by Gasteiger charge is -2.41. The van der Waals surface area contributed by atoms with Gasteiger partial charge < -0.3 is 31.3 Å². The number of piperazine rings is 1. The maximum absolute atomic E-state index is 14.0. The van der Waals surface area contributed by atoms with Gasteiger partial charge in [-0.2, -0.15) is 0 Å². The summed E-state index contributed by atoms with van der Waals surface area (Å²) in [6, 6.07) is 10.6. The molecule has 9 nitrogen and oxygen atoms in total. The normalized spacial score (nSPS) is 19.4. The van der Waals surface area contributed by atoms with Gasteiger partial charge in [0.25, 0.3) is 0 Å². The molecule has 5 N–H and O–H groups in total. The second-order valence-electron chi connectivity index (χ2n) is 9.86. The van der Waals surface area contributed by atoms with E-state index in [1.807, 2.05) is 41.8 Å². The van der Waals surface area contributed by atoms with Crippen LogP contribution < -0.4 is 16.4 Å². The summed E-state index contributed by atoms with van der Waals surface area (Å²) in [6.07, 6.45) is 4.90. The summed E-state index contributed by atoms with van der Waals surface area (Å²) in [5, 5.41) is 18.0. The van der Waals surface area contributed by atoms with Gasteiger partial charge in [-0.05, 0) is 41.8 Å². The van der Waals surface area contributed by atoms with Crippen molar-refractivity contribution in [2.24, 2.45) is 5.73 Å². The lowest BCUT2D eigenvalue weighted by atomic mass is 9.93. The Morgan fingerprint density at radius 2 is 1.86 bits per heavy atom. The highest BCUT2D eigenvalue weighted by Crippen LogP contribution is 2.21. The quantitative estimate of drug-likeness (QED) is 0.397. The van der Waals surface area contributed by atoms with Gasteiger partial charge >= 0.3 is 6.09 Å². The van der Waals surface area contributed by atoms with Crippen molar-refractivity contribution in [1.82, 2.24) is 20.4 Å². The van der Waals surface area contributed by atoms with Crippen molar-refractivity contribution in [2.45, 2.75) is 69.7 Å². The number of hydrogen-bond donors (Lipinski definition) is 4. The Hall–Kier alpha value is -2.95. The van der Waals surface area contributed by atoms with Crippen molar-refractivity contribution >= 4 is 29.2 Å². The number of hydrogen-bond acceptors (Lipinski definition) is 6. The Morgan fingerprint density at radius 3 is 2.57 bits per heavy atom. The van der Waals surface area contributed by atoms with E-state index in [4.69, 9.17) is 5.73 Å². The number of nitrogens with one attached hydrogen (secondary N) is 2. The van der Waals surface area contributed by atoms with Crippen LogP contribution in [0.5, 0.6) is 0 Å². The predicted molar refractivity (Wildman–Crippen MR) is 143 cm³/mol. The standard InChI is InChI=1S/C27H37N5O4S/c28-16-20-7-4-6-19(14-20)15-23(30-21-8-2-1-3-9-21)26(34)32-12-11-31(27(35)36)18-24(32)25(33)29-17-22-10-5-13-37-22/h4-7,10,13-14,21,23-24,30H,1-3,8-9,11-12,15-18,28H2,(H,29,33)(H,35,36)/t23-,24+/m1/s1. The molecule has 2 atom stereocenters. The molecule has 2 heterocycles. The Bertz CT molecular complexity index is 1060. The minimum absolute atomic E-state index is 0.0455. The lowest BCUT2D eigenvalue weighted by molar-refractivity contribution is -0.145. The third-order valence-corrected chi connectivity index (χ3v) is 8.14. The highest BCUT2D eigenvalue weighted by molar-refractivity contribution is 7.09. The SMILES string of the molecule is NCc1cccc(C[C@@H](NC2CCCCC2)C(=O)N2CCN(C(=O)O)C[C@H]2C(=O)NCc2cccs2)c1. The summed E-state index contributed by atoms with van der Waals surface area (Å²) in [5.74, 6) is -0.501. The van der Waals surface area contributed by atoms with Gasteiger partial charge in [-0.1, -0.05) is 49.6 Å². The van der Waals surface area contributed by atoms with Crippen molar-refractivity contribution in [3.05, 3.63) is 57.8 Å². The van der Waals surface area contributed by atoms with Crippen LogP contribution in [0, 0.1) is 0 Å². The summed E-state index contributed by atoms with van der Waals surface area (Å²) >= 11 is 1.53. The van der Waals surface area contributed by atoms with Crippen LogP contribution in [0.2, 0.25) is 0 Å². The van der Waals surface area contributed by atoms with Crippen LogP contribution in [0.15, 0.2) is 41.8 Å². The van der Waals surface area contributed by atoms with E-state index in [0.717, 1.165) is 41.7 Å². The van der Waals surface area contributed by atoms with Gasteiger partial charge in [-0.25, -0.2) is 4.79 Å². The van der Waals surface area contributed by atoms with Crippen LogP contribution in [0.3, 0.4) is 0 Å². The molecule has 0 spiro atoms. The summed E-state index contributed by atoms with van der Waals surface area (Å²) in [7, 11) is 0. The molecular formula is C27H37N5O4S. The Labute approximate surface area is 222 Å². The van der Waals surface area contributed by atoms with Crippen LogP contribution in [-0.2, 0) is 29.1 Å². The highest BCUT2D eigenvalue weighted by Gasteiger charge is 2.39. The van der Waals surface area contributed by atoms with Gasteiger partial charge in [0.1, 0.15) is 6.04 Å². The average molecular weight is 528 g/mol. The Morgan fingerprint density at radius 1 is 1.08 bits per heavy atom. The van der Waals surface area contributed by atoms with Crippen molar-refractivity contribution in [1.29, 1.82) is 0 Å². The first-order valence-corrected chi connectivity index (χ1v) is 13.9. The van der Waals surface area contributed by atoms with Crippen molar-refractivity contribution < 1.29 is 19.5 Å². The molecule has 0 bridgehead atoms. The van der Waals surface area contributed by atoms with Crippen molar-refractivity contribution in [3.63, 3.8) is 0 Å². The first-order valence-electron chi connectivity index (χ1n) is 13.1. The number of nitrogens with two attached hydrogens (primary N) is 1. The summed E-state index contributed by atoms with van der Waals surface area (Å²) in [5.41, 5.74) is 7.85. The van der Waals surface area contributed by atoms with Gasteiger partial charge in [0.2, 0.25) is 11.8 Å². The highest BCUT2D eigenvalue weighted by atomic mass is 32.1. The van der Waals surface area contributed by atoms with E-state index in [1.54, 1.807) is 4.90 Å². The maximum Gasteiger partial charge on any atom is 0.407 e. The van der Waals surface area contributed by atoms with E-state index >= 15 is 0 Å². The molecule has 0 unspecified atom stereocenters. The van der Waals surface area contributed by atoms with Crippen LogP contribution in [0.4, 0.5) is 4.79 Å². The zero-order chi connectivity index (χ0) is 26.2. The largest absolute Gasteiger partial charge is 0.465 e. The molecule has 200 valence electrons. The van der Waals surface area contributed by atoms with Crippen LogP contribution in [0.1, 0.15) is 48.1 Å². The van der Waals surface area contributed by atoms with Gasteiger partial charge in [-0.15, -0.1) is 11.3 Å². The summed E-state index contributed by atoms with van der Waals surface area (Å²) in [4.78, 5) is 42.8. The molecule has 10 heteroatoms. The van der Waals surface area contributed by atoms with Gasteiger partial charge in [0, 0.05) is 30.6 Å². The van der Waals surface area contributed by atoms with Crippen LogP contribution >= 0.6 is 11.3 Å².